The second kappa shape index (κ2) is 7.56. The largest absolute Gasteiger partial charge is 0.348 e. The molecule has 0 unspecified atom stereocenters. The van der Waals surface area contributed by atoms with Crippen LogP contribution >= 0.6 is 0 Å². The summed E-state index contributed by atoms with van der Waals surface area (Å²) in [5, 5.41) is 7.65. The molecule has 0 spiro atoms. The van der Waals surface area contributed by atoms with E-state index < -0.39 is 0 Å². The lowest BCUT2D eigenvalue weighted by Crippen LogP contribution is -2.23. The van der Waals surface area contributed by atoms with Crippen molar-refractivity contribution in [3.8, 4) is 5.69 Å². The number of hydrogen-bond acceptors (Lipinski definition) is 2. The monoisotopic (exact) mass is 347 g/mol. The lowest BCUT2D eigenvalue weighted by atomic mass is 10.0. The molecule has 1 amide bonds. The van der Waals surface area contributed by atoms with E-state index in [1.54, 1.807) is 0 Å². The molecule has 0 fully saturated rings. The number of hydrogen-bond donors (Lipinski definition) is 1. The highest BCUT2D eigenvalue weighted by Gasteiger charge is 2.14. The van der Waals surface area contributed by atoms with Crippen LogP contribution in [0.25, 0.3) is 5.69 Å². The second-order valence-electron chi connectivity index (χ2n) is 6.86. The summed E-state index contributed by atoms with van der Waals surface area (Å²) in [6, 6.07) is 17.8. The van der Waals surface area contributed by atoms with Gasteiger partial charge in [0, 0.05) is 23.4 Å². The first kappa shape index (κ1) is 17.9. The minimum absolute atomic E-state index is 0.0634. The number of aryl methyl sites for hydroxylation is 1. The van der Waals surface area contributed by atoms with Crippen LogP contribution < -0.4 is 5.32 Å². The minimum atomic E-state index is -0.0634. The maximum atomic E-state index is 12.5. The van der Waals surface area contributed by atoms with Crippen LogP contribution in [0.15, 0.2) is 54.6 Å². The maximum Gasteiger partial charge on any atom is 0.251 e. The molecule has 0 saturated heterocycles. The highest BCUT2D eigenvalue weighted by molar-refractivity contribution is 5.94. The Morgan fingerprint density at radius 1 is 1.04 bits per heavy atom. The van der Waals surface area contributed by atoms with Crippen LogP contribution in [0, 0.1) is 13.8 Å². The molecule has 0 atom stereocenters. The Labute approximate surface area is 154 Å². The van der Waals surface area contributed by atoms with Gasteiger partial charge in [-0.3, -0.25) is 4.79 Å². The molecule has 26 heavy (non-hydrogen) atoms. The average Bonchev–Trinajstić information content (AvgIpc) is 2.94. The normalized spacial score (nSPS) is 11.0. The minimum Gasteiger partial charge on any atom is -0.348 e. The zero-order valence-electron chi connectivity index (χ0n) is 15.8. The van der Waals surface area contributed by atoms with Gasteiger partial charge in [0.2, 0.25) is 0 Å². The van der Waals surface area contributed by atoms with Gasteiger partial charge in [-0.1, -0.05) is 44.2 Å². The van der Waals surface area contributed by atoms with Crippen molar-refractivity contribution in [3.05, 3.63) is 82.7 Å². The van der Waals surface area contributed by atoms with Crippen LogP contribution in [0.4, 0.5) is 0 Å². The number of amides is 1. The Morgan fingerprint density at radius 2 is 1.69 bits per heavy atom. The lowest BCUT2D eigenvalue weighted by molar-refractivity contribution is 0.0951. The molecule has 0 aliphatic carbocycles. The third kappa shape index (κ3) is 3.69. The summed E-state index contributed by atoms with van der Waals surface area (Å²) in [6.45, 7) is 8.77. The molecule has 1 N–H and O–H groups in total. The molecule has 3 aromatic rings. The summed E-state index contributed by atoms with van der Waals surface area (Å²) < 4.78 is 1.92. The molecule has 0 bridgehead atoms. The summed E-state index contributed by atoms with van der Waals surface area (Å²) in [4.78, 5) is 12.5. The van der Waals surface area contributed by atoms with Gasteiger partial charge in [0.1, 0.15) is 0 Å². The van der Waals surface area contributed by atoms with Crippen LogP contribution in [0.1, 0.15) is 52.6 Å². The van der Waals surface area contributed by atoms with Gasteiger partial charge in [0.25, 0.3) is 5.91 Å². The van der Waals surface area contributed by atoms with Gasteiger partial charge in [0.15, 0.2) is 0 Å². The van der Waals surface area contributed by atoms with Crippen molar-refractivity contribution in [2.45, 2.75) is 40.2 Å². The first-order valence-electron chi connectivity index (χ1n) is 8.96. The first-order chi connectivity index (χ1) is 12.5. The zero-order valence-corrected chi connectivity index (χ0v) is 15.8. The molecule has 0 radical (unpaired) electrons. The average molecular weight is 347 g/mol. The number of para-hydroxylation sites is 1. The number of benzene rings is 2. The van der Waals surface area contributed by atoms with E-state index in [9.17, 15) is 4.79 Å². The molecule has 134 valence electrons. The molecule has 0 saturated carbocycles. The summed E-state index contributed by atoms with van der Waals surface area (Å²) in [5.41, 5.74) is 5.97. The van der Waals surface area contributed by atoms with Crippen LogP contribution in [-0.2, 0) is 6.54 Å². The van der Waals surface area contributed by atoms with E-state index in [0.29, 0.717) is 18.0 Å². The smallest absolute Gasteiger partial charge is 0.251 e. The molecule has 0 aliphatic heterocycles. The third-order valence-electron chi connectivity index (χ3n) is 4.71. The summed E-state index contributed by atoms with van der Waals surface area (Å²) in [7, 11) is 0. The van der Waals surface area contributed by atoms with E-state index >= 15 is 0 Å². The van der Waals surface area contributed by atoms with Crippen molar-refractivity contribution in [3.63, 3.8) is 0 Å². The van der Waals surface area contributed by atoms with Crippen molar-refractivity contribution < 1.29 is 4.79 Å². The van der Waals surface area contributed by atoms with Gasteiger partial charge in [-0.15, -0.1) is 0 Å². The van der Waals surface area contributed by atoms with Crippen LogP contribution in [0.3, 0.4) is 0 Å². The fourth-order valence-electron chi connectivity index (χ4n) is 3.04. The topological polar surface area (TPSA) is 46.9 Å². The number of aromatic nitrogens is 2. The van der Waals surface area contributed by atoms with Gasteiger partial charge >= 0.3 is 0 Å². The van der Waals surface area contributed by atoms with E-state index in [1.807, 2.05) is 73.1 Å². The van der Waals surface area contributed by atoms with Crippen molar-refractivity contribution in [1.29, 1.82) is 0 Å². The van der Waals surface area contributed by atoms with Crippen LogP contribution in [0.2, 0.25) is 0 Å². The highest BCUT2D eigenvalue weighted by Crippen LogP contribution is 2.18. The predicted molar refractivity (Wildman–Crippen MR) is 105 cm³/mol. The summed E-state index contributed by atoms with van der Waals surface area (Å²) in [6.07, 6.45) is 0. The standard InChI is InChI=1S/C22H25N3O/c1-15(2)18-10-12-19(13-11-18)22(26)23-14-21-16(3)24-25(17(21)4)20-8-6-5-7-9-20/h5-13,15H,14H2,1-4H3,(H,23,26). The van der Waals surface area contributed by atoms with Crippen LogP contribution in [0.5, 0.6) is 0 Å². The Morgan fingerprint density at radius 3 is 2.31 bits per heavy atom. The number of nitrogens with one attached hydrogen (secondary N) is 1. The van der Waals surface area contributed by atoms with Gasteiger partial charge in [-0.25, -0.2) is 4.68 Å². The summed E-state index contributed by atoms with van der Waals surface area (Å²) in [5.74, 6) is 0.396. The number of carbonyl (C=O) groups excluding carboxylic acids is 1. The Kier molecular flexibility index (Phi) is 5.21. The fraction of sp³-hybridized carbons (Fsp3) is 0.273. The molecular weight excluding hydrogens is 322 g/mol. The fourth-order valence-corrected chi connectivity index (χ4v) is 3.04. The SMILES string of the molecule is Cc1nn(-c2ccccc2)c(C)c1CNC(=O)c1ccc(C(C)C)cc1. The van der Waals surface area contributed by atoms with Crippen molar-refractivity contribution in [2.75, 3.05) is 0 Å². The van der Waals surface area contributed by atoms with Crippen LogP contribution in [-0.4, -0.2) is 15.7 Å². The molecule has 3 rings (SSSR count). The second-order valence-corrected chi connectivity index (χ2v) is 6.86. The Bertz CT molecular complexity index is 893. The van der Waals surface area contributed by atoms with E-state index in [0.717, 1.165) is 22.6 Å². The highest BCUT2D eigenvalue weighted by atomic mass is 16.1. The Balaban J connectivity index is 1.73. The Hall–Kier alpha value is -2.88. The van der Waals surface area contributed by atoms with Gasteiger partial charge < -0.3 is 5.32 Å². The van der Waals surface area contributed by atoms with E-state index in [1.165, 1.54) is 5.56 Å². The lowest BCUT2D eigenvalue weighted by Gasteiger charge is -2.09. The molecule has 4 nitrogen and oxygen atoms in total. The number of nitrogens with zero attached hydrogens (tertiary/aromatic N) is 2. The number of carbonyl (C=O) groups is 1. The molecule has 1 heterocycles. The van der Waals surface area contributed by atoms with Crippen molar-refractivity contribution >= 4 is 5.91 Å². The quantitative estimate of drug-likeness (QED) is 0.736. The number of rotatable bonds is 5. The summed E-state index contributed by atoms with van der Waals surface area (Å²) >= 11 is 0. The van der Waals surface area contributed by atoms with E-state index in [4.69, 9.17) is 0 Å². The van der Waals surface area contributed by atoms with Crippen molar-refractivity contribution in [1.82, 2.24) is 15.1 Å². The molecular formula is C22H25N3O. The molecule has 0 aliphatic rings. The molecule has 4 heteroatoms. The van der Waals surface area contributed by atoms with Gasteiger partial charge in [-0.2, -0.15) is 5.10 Å². The van der Waals surface area contributed by atoms with E-state index in [2.05, 4.69) is 24.3 Å². The van der Waals surface area contributed by atoms with Gasteiger partial charge in [0.05, 0.1) is 11.4 Å². The molecule has 1 aromatic heterocycles. The maximum absolute atomic E-state index is 12.5. The zero-order chi connectivity index (χ0) is 18.7. The third-order valence-corrected chi connectivity index (χ3v) is 4.71. The van der Waals surface area contributed by atoms with Crippen molar-refractivity contribution in [2.24, 2.45) is 0 Å². The first-order valence-corrected chi connectivity index (χ1v) is 8.96. The van der Waals surface area contributed by atoms with E-state index in [-0.39, 0.29) is 5.91 Å². The molecule has 2 aromatic carbocycles. The van der Waals surface area contributed by atoms with Gasteiger partial charge in [-0.05, 0) is 49.6 Å². The predicted octanol–water partition coefficient (Wildman–Crippen LogP) is 4.54.